The molecule has 0 radical (unpaired) electrons. The summed E-state index contributed by atoms with van der Waals surface area (Å²) < 4.78 is 12.2. The largest absolute Gasteiger partial charge is 0.494 e. The van der Waals surface area contributed by atoms with Crippen molar-refractivity contribution >= 4 is 40.2 Å². The molecule has 188 valence electrons. The molecule has 2 heterocycles. The number of aromatic nitrogens is 2. The van der Waals surface area contributed by atoms with E-state index in [1.54, 1.807) is 53.4 Å². The summed E-state index contributed by atoms with van der Waals surface area (Å²) in [5.74, 6) is 0.417. The van der Waals surface area contributed by atoms with Gasteiger partial charge in [-0.1, -0.05) is 17.8 Å². The number of fused-ring (bicyclic) bond motifs is 1. The van der Waals surface area contributed by atoms with E-state index in [0.29, 0.717) is 60.2 Å². The highest BCUT2D eigenvalue weighted by Crippen LogP contribution is 2.21. The van der Waals surface area contributed by atoms with Gasteiger partial charge in [0, 0.05) is 30.9 Å². The van der Waals surface area contributed by atoms with E-state index in [0.717, 1.165) is 17.5 Å². The summed E-state index contributed by atoms with van der Waals surface area (Å²) in [6, 6.07) is 12.0. The van der Waals surface area contributed by atoms with Crippen molar-refractivity contribution in [1.29, 1.82) is 0 Å². The maximum atomic E-state index is 13.2. The van der Waals surface area contributed by atoms with Crippen LogP contribution in [-0.2, 0) is 16.1 Å². The predicted molar refractivity (Wildman–Crippen MR) is 140 cm³/mol. The van der Waals surface area contributed by atoms with E-state index in [4.69, 9.17) is 9.47 Å². The van der Waals surface area contributed by atoms with Gasteiger partial charge < -0.3 is 19.7 Å². The number of amides is 2. The Hall–Kier alpha value is -3.63. The molecule has 0 atom stereocenters. The van der Waals surface area contributed by atoms with E-state index >= 15 is 0 Å². The number of anilines is 1. The first-order valence-corrected chi connectivity index (χ1v) is 12.7. The zero-order chi connectivity index (χ0) is 25.5. The summed E-state index contributed by atoms with van der Waals surface area (Å²) in [7, 11) is 0. The normalized spacial score (nSPS) is 13.4. The zero-order valence-electron chi connectivity index (χ0n) is 20.1. The van der Waals surface area contributed by atoms with Gasteiger partial charge in [-0.15, -0.1) is 6.58 Å². The molecule has 1 aliphatic heterocycles. The molecule has 1 saturated heterocycles. The van der Waals surface area contributed by atoms with Crippen LogP contribution in [0.1, 0.15) is 17.3 Å². The number of nitrogens with one attached hydrogen (secondary N) is 1. The third-order valence-electron chi connectivity index (χ3n) is 5.56. The molecular weight excluding hydrogens is 480 g/mol. The number of nitrogens with zero attached hydrogens (tertiary/aromatic N) is 3. The van der Waals surface area contributed by atoms with Crippen molar-refractivity contribution in [3.8, 4) is 5.75 Å². The van der Waals surface area contributed by atoms with Gasteiger partial charge in [0.2, 0.25) is 5.91 Å². The number of hydrogen-bond acceptors (Lipinski definition) is 7. The third kappa shape index (κ3) is 5.95. The Balaban J connectivity index is 1.54. The number of benzene rings is 2. The molecule has 1 aliphatic rings. The smallest absolute Gasteiger partial charge is 0.262 e. The van der Waals surface area contributed by atoms with Gasteiger partial charge in [0.1, 0.15) is 5.75 Å². The second-order valence-electron chi connectivity index (χ2n) is 8.03. The molecule has 0 saturated carbocycles. The van der Waals surface area contributed by atoms with Crippen LogP contribution in [0.25, 0.3) is 10.9 Å². The lowest BCUT2D eigenvalue weighted by molar-refractivity contribution is -0.113. The Morgan fingerprint density at radius 1 is 1.19 bits per heavy atom. The number of rotatable bonds is 9. The van der Waals surface area contributed by atoms with Gasteiger partial charge in [0.05, 0.1) is 36.5 Å². The Labute approximate surface area is 213 Å². The Morgan fingerprint density at radius 3 is 2.64 bits per heavy atom. The van der Waals surface area contributed by atoms with Crippen LogP contribution in [-0.4, -0.2) is 64.9 Å². The van der Waals surface area contributed by atoms with Gasteiger partial charge in [-0.2, -0.15) is 0 Å². The summed E-state index contributed by atoms with van der Waals surface area (Å²) in [6.45, 7) is 8.51. The molecule has 4 rings (SSSR count). The number of thioether (sulfide) groups is 1. The van der Waals surface area contributed by atoms with Crippen LogP contribution in [0.4, 0.5) is 5.69 Å². The first-order chi connectivity index (χ1) is 17.5. The number of carbonyl (C=O) groups excluding carboxylic acids is 2. The van der Waals surface area contributed by atoms with Crippen LogP contribution in [0, 0.1) is 0 Å². The average molecular weight is 509 g/mol. The number of ether oxygens (including phenoxy) is 2. The minimum atomic E-state index is -0.250. The molecule has 9 nitrogen and oxygen atoms in total. The van der Waals surface area contributed by atoms with Gasteiger partial charge in [-0.3, -0.25) is 19.0 Å². The lowest BCUT2D eigenvalue weighted by Crippen LogP contribution is -2.40. The molecule has 0 spiro atoms. The molecular formula is C26H28N4O5S. The van der Waals surface area contributed by atoms with Crippen LogP contribution in [0.5, 0.6) is 5.75 Å². The van der Waals surface area contributed by atoms with Crippen molar-refractivity contribution in [1.82, 2.24) is 14.5 Å². The number of allylic oxidation sites excluding steroid dienone is 1. The van der Waals surface area contributed by atoms with Crippen molar-refractivity contribution in [2.75, 3.05) is 44.0 Å². The fraction of sp³-hybridized carbons (Fsp3) is 0.308. The minimum Gasteiger partial charge on any atom is -0.494 e. The Kier molecular flexibility index (Phi) is 8.40. The molecule has 0 aliphatic carbocycles. The molecule has 1 aromatic heterocycles. The number of morpholine rings is 1. The van der Waals surface area contributed by atoms with Crippen molar-refractivity contribution in [2.24, 2.45) is 0 Å². The van der Waals surface area contributed by atoms with Crippen molar-refractivity contribution in [3.63, 3.8) is 0 Å². The average Bonchev–Trinajstić information content (AvgIpc) is 2.90. The van der Waals surface area contributed by atoms with Crippen LogP contribution < -0.4 is 15.6 Å². The van der Waals surface area contributed by atoms with E-state index in [1.807, 2.05) is 6.92 Å². The first kappa shape index (κ1) is 25.5. The molecule has 2 aromatic carbocycles. The molecule has 10 heteroatoms. The second kappa shape index (κ2) is 11.9. The van der Waals surface area contributed by atoms with Crippen LogP contribution >= 0.6 is 11.8 Å². The van der Waals surface area contributed by atoms with Crippen molar-refractivity contribution < 1.29 is 19.1 Å². The highest BCUT2D eigenvalue weighted by atomic mass is 32.2. The highest BCUT2D eigenvalue weighted by molar-refractivity contribution is 7.99. The third-order valence-corrected chi connectivity index (χ3v) is 6.54. The summed E-state index contributed by atoms with van der Waals surface area (Å²) in [4.78, 5) is 45.0. The van der Waals surface area contributed by atoms with Crippen LogP contribution in [0.2, 0.25) is 0 Å². The van der Waals surface area contributed by atoms with E-state index < -0.39 is 0 Å². The number of hydrogen-bond donors (Lipinski definition) is 1. The number of carbonyl (C=O) groups is 2. The van der Waals surface area contributed by atoms with Gasteiger partial charge in [-0.25, -0.2) is 4.98 Å². The maximum Gasteiger partial charge on any atom is 0.262 e. The maximum absolute atomic E-state index is 13.2. The second-order valence-corrected chi connectivity index (χ2v) is 8.97. The van der Waals surface area contributed by atoms with E-state index in [9.17, 15) is 14.4 Å². The molecule has 1 N–H and O–H groups in total. The molecule has 0 bridgehead atoms. The summed E-state index contributed by atoms with van der Waals surface area (Å²) >= 11 is 1.15. The fourth-order valence-electron chi connectivity index (χ4n) is 3.81. The van der Waals surface area contributed by atoms with Crippen LogP contribution in [0.3, 0.4) is 0 Å². The van der Waals surface area contributed by atoms with Gasteiger partial charge in [0.15, 0.2) is 5.16 Å². The Bertz CT molecular complexity index is 1320. The summed E-state index contributed by atoms with van der Waals surface area (Å²) in [6.07, 6.45) is 1.61. The zero-order valence-corrected chi connectivity index (χ0v) is 20.9. The SMILES string of the molecule is C=CCn1c(SCC(=O)Nc2ccc(OCC)cc2)nc2cc(C(=O)N3CCOCC3)ccc2c1=O. The molecule has 0 unspecified atom stereocenters. The first-order valence-electron chi connectivity index (χ1n) is 11.7. The van der Waals surface area contributed by atoms with E-state index in [-0.39, 0.29) is 29.7 Å². The minimum absolute atomic E-state index is 0.0503. The lowest BCUT2D eigenvalue weighted by atomic mass is 10.1. The van der Waals surface area contributed by atoms with Gasteiger partial charge in [-0.05, 0) is 49.4 Å². The summed E-state index contributed by atoms with van der Waals surface area (Å²) in [5.41, 5.74) is 1.26. The van der Waals surface area contributed by atoms with Crippen molar-refractivity contribution in [2.45, 2.75) is 18.6 Å². The van der Waals surface area contributed by atoms with Crippen LogP contribution in [0.15, 0.2) is 65.1 Å². The molecule has 1 fully saturated rings. The predicted octanol–water partition coefficient (Wildman–Crippen LogP) is 3.18. The fourth-order valence-corrected chi connectivity index (χ4v) is 4.62. The standard InChI is InChI=1S/C26H28N4O5S/c1-3-11-30-25(33)21-10-5-18(24(32)29-12-14-34-15-13-29)16-22(21)28-26(30)36-17-23(31)27-19-6-8-20(9-7-19)35-4-2/h3,5-10,16H,1,4,11-15,17H2,2H3,(H,27,31). The molecule has 36 heavy (non-hydrogen) atoms. The van der Waals surface area contributed by atoms with Crippen molar-refractivity contribution in [3.05, 3.63) is 71.0 Å². The monoisotopic (exact) mass is 508 g/mol. The summed E-state index contributed by atoms with van der Waals surface area (Å²) in [5, 5.41) is 3.62. The molecule has 2 amide bonds. The lowest BCUT2D eigenvalue weighted by Gasteiger charge is -2.26. The van der Waals surface area contributed by atoms with E-state index in [2.05, 4.69) is 16.9 Å². The van der Waals surface area contributed by atoms with Gasteiger partial charge in [0.25, 0.3) is 11.5 Å². The molecule has 3 aromatic rings. The van der Waals surface area contributed by atoms with E-state index in [1.165, 1.54) is 4.57 Å². The highest BCUT2D eigenvalue weighted by Gasteiger charge is 2.20. The van der Waals surface area contributed by atoms with Gasteiger partial charge >= 0.3 is 0 Å². The quantitative estimate of drug-likeness (QED) is 0.269. The Morgan fingerprint density at radius 2 is 1.94 bits per heavy atom. The topological polar surface area (TPSA) is 103 Å².